The van der Waals surface area contributed by atoms with E-state index in [1.54, 1.807) is 24.3 Å². The maximum atomic E-state index is 12.0. The Bertz CT molecular complexity index is 504. The van der Waals surface area contributed by atoms with Crippen molar-refractivity contribution in [3.63, 3.8) is 0 Å². The molecule has 0 spiro atoms. The van der Waals surface area contributed by atoms with E-state index in [2.05, 4.69) is 22.3 Å². The molecule has 0 saturated heterocycles. The van der Waals surface area contributed by atoms with E-state index in [1.165, 1.54) is 0 Å². The Morgan fingerprint density at radius 2 is 1.80 bits per heavy atom. The normalized spacial score (nSPS) is 12.7. The van der Waals surface area contributed by atoms with Crippen molar-refractivity contribution in [1.29, 1.82) is 0 Å². The first-order valence-electron chi connectivity index (χ1n) is 8.57. The van der Waals surface area contributed by atoms with E-state index < -0.39 is 12.8 Å². The number of amides is 2. The van der Waals surface area contributed by atoms with Gasteiger partial charge in [-0.3, -0.25) is 0 Å². The molecule has 1 atom stereocenters. The molecule has 1 aromatic carbocycles. The zero-order valence-electron chi connectivity index (χ0n) is 14.8. The van der Waals surface area contributed by atoms with E-state index in [0.717, 1.165) is 31.2 Å². The van der Waals surface area contributed by atoms with E-state index in [-0.39, 0.29) is 18.7 Å². The van der Waals surface area contributed by atoms with Crippen LogP contribution in [0.15, 0.2) is 24.3 Å². The number of nitrogens with one attached hydrogen (secondary N) is 2. The third kappa shape index (κ3) is 10.7. The first-order chi connectivity index (χ1) is 11.8. The van der Waals surface area contributed by atoms with E-state index in [1.807, 2.05) is 6.92 Å². The predicted molar refractivity (Wildman–Crippen MR) is 91.1 cm³/mol. The van der Waals surface area contributed by atoms with Gasteiger partial charge in [-0.05, 0) is 24.5 Å². The molecule has 1 aromatic rings. The average molecular weight is 360 g/mol. The van der Waals surface area contributed by atoms with Gasteiger partial charge in [-0.2, -0.15) is 13.2 Å². The maximum Gasteiger partial charge on any atom is 0.411 e. The minimum Gasteiger partial charge on any atom is -0.367 e. The van der Waals surface area contributed by atoms with Crippen molar-refractivity contribution in [2.75, 3.05) is 6.61 Å². The highest BCUT2D eigenvalue weighted by Crippen LogP contribution is 2.15. The van der Waals surface area contributed by atoms with Crippen LogP contribution in [0, 0.1) is 0 Å². The number of benzene rings is 1. The molecule has 1 unspecified atom stereocenters. The second kappa shape index (κ2) is 11.0. The van der Waals surface area contributed by atoms with Crippen molar-refractivity contribution in [1.82, 2.24) is 10.6 Å². The van der Waals surface area contributed by atoms with Crippen molar-refractivity contribution in [3.8, 4) is 0 Å². The molecule has 0 heterocycles. The van der Waals surface area contributed by atoms with Gasteiger partial charge >= 0.3 is 12.2 Å². The fourth-order valence-corrected chi connectivity index (χ4v) is 2.27. The van der Waals surface area contributed by atoms with Crippen LogP contribution in [0.3, 0.4) is 0 Å². The molecule has 0 aliphatic carbocycles. The lowest BCUT2D eigenvalue weighted by Gasteiger charge is -2.14. The van der Waals surface area contributed by atoms with E-state index in [0.29, 0.717) is 12.1 Å². The van der Waals surface area contributed by atoms with Crippen molar-refractivity contribution in [3.05, 3.63) is 35.4 Å². The van der Waals surface area contributed by atoms with Crippen LogP contribution in [0.25, 0.3) is 0 Å². The van der Waals surface area contributed by atoms with Crippen LogP contribution in [-0.4, -0.2) is 24.9 Å². The fraction of sp³-hybridized carbons (Fsp3) is 0.611. The second-order valence-electron chi connectivity index (χ2n) is 6.15. The molecule has 2 N–H and O–H groups in total. The van der Waals surface area contributed by atoms with Gasteiger partial charge < -0.3 is 15.4 Å². The molecule has 0 aromatic heterocycles. The molecule has 0 fully saturated rings. The van der Waals surface area contributed by atoms with Gasteiger partial charge in [0.2, 0.25) is 0 Å². The summed E-state index contributed by atoms with van der Waals surface area (Å²) in [6.07, 6.45) is 0.0391. The Hall–Kier alpha value is -1.76. The molecular weight excluding hydrogens is 333 g/mol. The number of ether oxygens (including phenoxy) is 1. The Labute approximate surface area is 147 Å². The third-order valence-corrected chi connectivity index (χ3v) is 3.63. The van der Waals surface area contributed by atoms with Gasteiger partial charge in [-0.15, -0.1) is 0 Å². The van der Waals surface area contributed by atoms with Crippen molar-refractivity contribution < 1.29 is 22.7 Å². The molecular formula is C18H27F3N2O2. The zero-order chi connectivity index (χ0) is 18.7. The van der Waals surface area contributed by atoms with Crippen LogP contribution in [0.5, 0.6) is 0 Å². The molecule has 0 aliphatic rings. The topological polar surface area (TPSA) is 50.4 Å². The second-order valence-corrected chi connectivity index (χ2v) is 6.15. The van der Waals surface area contributed by atoms with Crippen LogP contribution in [0.1, 0.15) is 50.7 Å². The molecule has 1 rings (SSSR count). The standard InChI is InChI=1S/C18H27F3N2O2/c1-3-4-5-6-14(2)23-17(24)22-11-15-7-9-16(10-8-15)12-25-13-18(19,20)21/h7-10,14H,3-6,11-13H2,1-2H3,(H2,22,23,24). The number of alkyl halides is 3. The van der Waals surface area contributed by atoms with Gasteiger partial charge in [-0.25, -0.2) is 4.79 Å². The van der Waals surface area contributed by atoms with Gasteiger partial charge in [0.25, 0.3) is 0 Å². The molecule has 0 radical (unpaired) electrons. The van der Waals surface area contributed by atoms with E-state index in [9.17, 15) is 18.0 Å². The van der Waals surface area contributed by atoms with Gasteiger partial charge in [0.1, 0.15) is 6.61 Å². The SMILES string of the molecule is CCCCCC(C)NC(=O)NCc1ccc(COCC(F)(F)F)cc1. The lowest BCUT2D eigenvalue weighted by Crippen LogP contribution is -2.40. The summed E-state index contributed by atoms with van der Waals surface area (Å²) in [5, 5.41) is 5.66. The number of carbonyl (C=O) groups is 1. The van der Waals surface area contributed by atoms with Crippen LogP contribution in [0.2, 0.25) is 0 Å². The predicted octanol–water partition coefficient (Wildman–Crippen LogP) is 4.53. The zero-order valence-corrected chi connectivity index (χ0v) is 14.8. The summed E-state index contributed by atoms with van der Waals surface area (Å²) in [6.45, 7) is 3.12. The monoisotopic (exact) mass is 360 g/mol. The van der Waals surface area contributed by atoms with Crippen LogP contribution >= 0.6 is 0 Å². The first kappa shape index (κ1) is 21.3. The highest BCUT2D eigenvalue weighted by Gasteiger charge is 2.27. The summed E-state index contributed by atoms with van der Waals surface area (Å²) in [7, 11) is 0. The number of unbranched alkanes of at least 4 members (excludes halogenated alkanes) is 2. The van der Waals surface area contributed by atoms with Crippen molar-refractivity contribution in [2.45, 2.75) is 64.9 Å². The van der Waals surface area contributed by atoms with E-state index >= 15 is 0 Å². The first-order valence-corrected chi connectivity index (χ1v) is 8.57. The molecule has 0 bridgehead atoms. The van der Waals surface area contributed by atoms with Gasteiger partial charge in [-0.1, -0.05) is 50.5 Å². The molecule has 0 aliphatic heterocycles. The van der Waals surface area contributed by atoms with Crippen LogP contribution in [-0.2, 0) is 17.9 Å². The molecule has 0 saturated carbocycles. The smallest absolute Gasteiger partial charge is 0.367 e. The van der Waals surface area contributed by atoms with Gasteiger partial charge in [0.15, 0.2) is 0 Å². The molecule has 4 nitrogen and oxygen atoms in total. The Balaban J connectivity index is 2.27. The minimum atomic E-state index is -4.31. The van der Waals surface area contributed by atoms with Crippen molar-refractivity contribution >= 4 is 6.03 Å². The Kier molecular flexibility index (Phi) is 9.34. The third-order valence-electron chi connectivity index (χ3n) is 3.63. The molecule has 2 amide bonds. The number of hydrogen-bond donors (Lipinski definition) is 2. The Morgan fingerprint density at radius 1 is 1.16 bits per heavy atom. The number of halogens is 3. The average Bonchev–Trinajstić information content (AvgIpc) is 2.53. The Morgan fingerprint density at radius 3 is 2.40 bits per heavy atom. The number of carbonyl (C=O) groups excluding carboxylic acids is 1. The number of urea groups is 1. The quantitative estimate of drug-likeness (QED) is 0.602. The van der Waals surface area contributed by atoms with E-state index in [4.69, 9.17) is 0 Å². The molecule has 7 heteroatoms. The minimum absolute atomic E-state index is 0.0943. The van der Waals surface area contributed by atoms with Crippen LogP contribution < -0.4 is 10.6 Å². The van der Waals surface area contributed by atoms with Gasteiger partial charge in [0, 0.05) is 12.6 Å². The molecule has 142 valence electrons. The molecule has 25 heavy (non-hydrogen) atoms. The number of rotatable bonds is 10. The highest BCUT2D eigenvalue weighted by molar-refractivity contribution is 5.74. The summed E-state index contributed by atoms with van der Waals surface area (Å²) in [5.41, 5.74) is 1.52. The number of hydrogen-bond acceptors (Lipinski definition) is 2. The maximum absolute atomic E-state index is 12.0. The van der Waals surface area contributed by atoms with Crippen LogP contribution in [0.4, 0.5) is 18.0 Å². The lowest BCUT2D eigenvalue weighted by molar-refractivity contribution is -0.176. The summed E-state index contributed by atoms with van der Waals surface area (Å²) < 4.78 is 40.6. The summed E-state index contributed by atoms with van der Waals surface area (Å²) in [6, 6.07) is 6.81. The lowest BCUT2D eigenvalue weighted by atomic mass is 10.1. The van der Waals surface area contributed by atoms with Crippen molar-refractivity contribution in [2.24, 2.45) is 0 Å². The fourth-order valence-electron chi connectivity index (χ4n) is 2.27. The van der Waals surface area contributed by atoms with Gasteiger partial charge in [0.05, 0.1) is 6.61 Å². The largest absolute Gasteiger partial charge is 0.411 e. The summed E-state index contributed by atoms with van der Waals surface area (Å²) in [4.78, 5) is 11.8. The summed E-state index contributed by atoms with van der Waals surface area (Å²) in [5.74, 6) is 0. The summed E-state index contributed by atoms with van der Waals surface area (Å²) >= 11 is 0. The highest BCUT2D eigenvalue weighted by atomic mass is 19.4.